The van der Waals surface area contributed by atoms with Crippen molar-refractivity contribution in [3.05, 3.63) is 65.0 Å². The molecule has 0 bridgehead atoms. The smallest absolute Gasteiger partial charge is 0.262 e. The number of nitrogens with zero attached hydrogens (tertiary/aromatic N) is 1. The normalized spacial score (nSPS) is 18.7. The van der Waals surface area contributed by atoms with Gasteiger partial charge in [-0.05, 0) is 60.7 Å². The lowest BCUT2D eigenvalue weighted by molar-refractivity contribution is -0.125. The number of hydrogen-bond donors (Lipinski definition) is 1. The van der Waals surface area contributed by atoms with Crippen molar-refractivity contribution in [1.29, 1.82) is 0 Å². The number of thioether (sulfide) groups is 2. The topological polar surface area (TPSA) is 66.5 Å². The Labute approximate surface area is 182 Å². The molecule has 0 unspecified atom stereocenters. The van der Waals surface area contributed by atoms with Gasteiger partial charge in [0.25, 0.3) is 11.8 Å². The molecule has 0 aromatic heterocycles. The Balaban J connectivity index is 1.60. The molecule has 0 saturated carbocycles. The van der Waals surface area contributed by atoms with Crippen molar-refractivity contribution in [3.8, 4) is 0 Å². The average molecular weight is 445 g/mol. The minimum Gasteiger partial charge on any atom is -0.347 e. The van der Waals surface area contributed by atoms with Crippen LogP contribution in [-0.4, -0.2) is 46.4 Å². The van der Waals surface area contributed by atoms with E-state index in [4.69, 9.17) is 0 Å². The maximum Gasteiger partial charge on any atom is 0.262 e. The zero-order valence-corrected chi connectivity index (χ0v) is 18.0. The van der Waals surface area contributed by atoms with Crippen LogP contribution >= 0.6 is 23.5 Å². The molecular formula is C22H21FN2O3S2. The van der Waals surface area contributed by atoms with E-state index in [9.17, 15) is 18.8 Å². The SMILES string of the molecule is CSCC[C@H](C(=O)N[C@H]1CCSc2ccc(F)cc21)N1C(=O)c2ccccc2C1=O. The highest BCUT2D eigenvalue weighted by Gasteiger charge is 2.42. The number of amides is 3. The molecule has 5 nitrogen and oxygen atoms in total. The van der Waals surface area contributed by atoms with Crippen LogP contribution < -0.4 is 5.32 Å². The molecule has 30 heavy (non-hydrogen) atoms. The van der Waals surface area contributed by atoms with Gasteiger partial charge in [-0.2, -0.15) is 11.8 Å². The molecule has 0 saturated heterocycles. The Morgan fingerprint density at radius 1 is 1.23 bits per heavy atom. The van der Waals surface area contributed by atoms with Crippen molar-refractivity contribution < 1.29 is 18.8 Å². The van der Waals surface area contributed by atoms with E-state index in [1.165, 1.54) is 12.1 Å². The highest BCUT2D eigenvalue weighted by Crippen LogP contribution is 2.37. The van der Waals surface area contributed by atoms with Crippen LogP contribution in [0.4, 0.5) is 4.39 Å². The summed E-state index contributed by atoms with van der Waals surface area (Å²) in [6.07, 6.45) is 2.93. The lowest BCUT2D eigenvalue weighted by Crippen LogP contribution is -2.50. The van der Waals surface area contributed by atoms with Gasteiger partial charge in [0.05, 0.1) is 17.2 Å². The minimum absolute atomic E-state index is 0.325. The van der Waals surface area contributed by atoms with Crippen molar-refractivity contribution in [2.75, 3.05) is 17.8 Å². The third-order valence-corrected chi connectivity index (χ3v) is 7.13. The standard InChI is InChI=1S/C22H21FN2O3S2/c1-29-10-9-18(25-21(27)14-4-2-3-5-15(14)22(25)28)20(26)24-17-8-11-30-19-7-6-13(23)12-16(17)19/h2-7,12,17-18H,8-11H2,1H3,(H,24,26)/t17-,18+/m0/s1. The third kappa shape index (κ3) is 3.86. The Hall–Kier alpha value is -2.32. The lowest BCUT2D eigenvalue weighted by atomic mass is 10.0. The number of hydrogen-bond acceptors (Lipinski definition) is 5. The molecule has 156 valence electrons. The van der Waals surface area contributed by atoms with Gasteiger partial charge in [0.2, 0.25) is 5.91 Å². The van der Waals surface area contributed by atoms with Gasteiger partial charge in [-0.3, -0.25) is 19.3 Å². The van der Waals surface area contributed by atoms with E-state index >= 15 is 0 Å². The number of carbonyl (C=O) groups is 3. The molecule has 0 radical (unpaired) electrons. The summed E-state index contributed by atoms with van der Waals surface area (Å²) >= 11 is 3.18. The largest absolute Gasteiger partial charge is 0.347 e. The van der Waals surface area contributed by atoms with Gasteiger partial charge in [-0.1, -0.05) is 12.1 Å². The minimum atomic E-state index is -0.906. The Morgan fingerprint density at radius 3 is 2.60 bits per heavy atom. The molecule has 8 heteroatoms. The fourth-order valence-electron chi connectivity index (χ4n) is 3.88. The van der Waals surface area contributed by atoms with E-state index in [0.717, 1.165) is 21.1 Å². The van der Waals surface area contributed by atoms with Crippen LogP contribution in [-0.2, 0) is 4.79 Å². The number of rotatable bonds is 6. The van der Waals surface area contributed by atoms with Gasteiger partial charge in [-0.15, -0.1) is 11.8 Å². The van der Waals surface area contributed by atoms with Crippen LogP contribution in [0.15, 0.2) is 47.4 Å². The van der Waals surface area contributed by atoms with Gasteiger partial charge >= 0.3 is 0 Å². The third-order valence-electron chi connectivity index (χ3n) is 5.36. The lowest BCUT2D eigenvalue weighted by Gasteiger charge is -2.30. The number of halogens is 1. The van der Waals surface area contributed by atoms with Crippen molar-refractivity contribution in [1.82, 2.24) is 10.2 Å². The summed E-state index contributed by atoms with van der Waals surface area (Å²) in [5.74, 6) is -0.200. The Kier molecular flexibility index (Phi) is 6.15. The van der Waals surface area contributed by atoms with Gasteiger partial charge < -0.3 is 5.32 Å². The molecule has 0 aliphatic carbocycles. The van der Waals surface area contributed by atoms with Crippen molar-refractivity contribution in [3.63, 3.8) is 0 Å². The van der Waals surface area contributed by atoms with Crippen LogP contribution in [0, 0.1) is 5.82 Å². The average Bonchev–Trinajstić information content (AvgIpc) is 3.00. The second kappa shape index (κ2) is 8.81. The van der Waals surface area contributed by atoms with Crippen LogP contribution in [0.1, 0.15) is 45.2 Å². The van der Waals surface area contributed by atoms with Crippen LogP contribution in [0.25, 0.3) is 0 Å². The summed E-state index contributed by atoms with van der Waals surface area (Å²) in [6.45, 7) is 0. The van der Waals surface area contributed by atoms with E-state index in [-0.39, 0.29) is 17.8 Å². The van der Waals surface area contributed by atoms with Gasteiger partial charge in [0, 0.05) is 10.6 Å². The fourth-order valence-corrected chi connectivity index (χ4v) is 5.45. The van der Waals surface area contributed by atoms with Gasteiger partial charge in [0.1, 0.15) is 11.9 Å². The fraction of sp³-hybridized carbons (Fsp3) is 0.318. The van der Waals surface area contributed by atoms with Crippen LogP contribution in [0.5, 0.6) is 0 Å². The van der Waals surface area contributed by atoms with E-state index in [1.54, 1.807) is 53.9 Å². The number of imide groups is 1. The molecule has 4 rings (SSSR count). The zero-order valence-electron chi connectivity index (χ0n) is 16.4. The van der Waals surface area contributed by atoms with Crippen LogP contribution in [0.2, 0.25) is 0 Å². The predicted molar refractivity (Wildman–Crippen MR) is 116 cm³/mol. The molecule has 0 fully saturated rings. The molecular weight excluding hydrogens is 423 g/mol. The summed E-state index contributed by atoms with van der Waals surface area (Å²) in [5, 5.41) is 2.98. The molecule has 2 heterocycles. The van der Waals surface area contributed by atoms with Crippen molar-refractivity contribution in [2.45, 2.75) is 29.8 Å². The summed E-state index contributed by atoms with van der Waals surface area (Å²) in [4.78, 5) is 41.1. The van der Waals surface area contributed by atoms with E-state index in [1.807, 2.05) is 6.26 Å². The van der Waals surface area contributed by atoms with E-state index < -0.39 is 17.9 Å². The summed E-state index contributed by atoms with van der Waals surface area (Å²) in [6, 6.07) is 9.95. The quantitative estimate of drug-likeness (QED) is 0.685. The molecule has 1 N–H and O–H groups in total. The molecule has 3 amide bonds. The molecule has 2 aromatic carbocycles. The zero-order chi connectivity index (χ0) is 21.3. The maximum absolute atomic E-state index is 13.8. The van der Waals surface area contributed by atoms with Gasteiger partial charge in [-0.25, -0.2) is 4.39 Å². The Morgan fingerprint density at radius 2 is 1.93 bits per heavy atom. The maximum atomic E-state index is 13.8. The first kappa shape index (κ1) is 20.9. The summed E-state index contributed by atoms with van der Waals surface area (Å²) in [5.41, 5.74) is 1.39. The van der Waals surface area contributed by atoms with E-state index in [0.29, 0.717) is 29.7 Å². The number of fused-ring (bicyclic) bond motifs is 2. The number of nitrogens with one attached hydrogen (secondary N) is 1. The summed E-state index contributed by atoms with van der Waals surface area (Å²) in [7, 11) is 0. The highest BCUT2D eigenvalue weighted by atomic mass is 32.2. The molecule has 2 atom stereocenters. The molecule has 2 aromatic rings. The second-order valence-electron chi connectivity index (χ2n) is 7.20. The van der Waals surface area contributed by atoms with E-state index in [2.05, 4.69) is 5.32 Å². The second-order valence-corrected chi connectivity index (χ2v) is 9.33. The first-order valence-corrected chi connectivity index (χ1v) is 12.1. The first-order chi connectivity index (χ1) is 14.5. The monoisotopic (exact) mass is 444 g/mol. The van der Waals surface area contributed by atoms with Crippen LogP contribution in [0.3, 0.4) is 0 Å². The highest BCUT2D eigenvalue weighted by molar-refractivity contribution is 7.99. The Bertz CT molecular complexity index is 979. The molecule has 2 aliphatic heterocycles. The van der Waals surface area contributed by atoms with Crippen molar-refractivity contribution >= 4 is 41.2 Å². The summed E-state index contributed by atoms with van der Waals surface area (Å²) < 4.78 is 13.8. The molecule has 0 spiro atoms. The van der Waals surface area contributed by atoms with Gasteiger partial charge in [0.15, 0.2) is 0 Å². The molecule has 2 aliphatic rings. The number of benzene rings is 2. The number of carbonyl (C=O) groups excluding carboxylic acids is 3. The van der Waals surface area contributed by atoms with Crippen molar-refractivity contribution in [2.24, 2.45) is 0 Å². The first-order valence-electron chi connectivity index (χ1n) is 9.69. The predicted octanol–water partition coefficient (Wildman–Crippen LogP) is 3.90.